The van der Waals surface area contributed by atoms with Crippen LogP contribution in [0.3, 0.4) is 0 Å². The van der Waals surface area contributed by atoms with Crippen LogP contribution in [-0.4, -0.2) is 6.18 Å². The maximum Gasteiger partial charge on any atom is 0.412 e. The van der Waals surface area contributed by atoms with Crippen molar-refractivity contribution in [2.45, 2.75) is 13.1 Å². The fraction of sp³-hybridized carbons (Fsp3) is 0.0909. The maximum absolute atomic E-state index is 13.8. The lowest BCUT2D eigenvalue weighted by molar-refractivity contribution is -0.0798. The monoisotopic (exact) mass is 356 g/mol. The summed E-state index contributed by atoms with van der Waals surface area (Å²) in [6.07, 6.45) is -4.99. The van der Waals surface area contributed by atoms with Gasteiger partial charge in [0.2, 0.25) is 0 Å². The van der Waals surface area contributed by atoms with Crippen LogP contribution in [0.1, 0.15) is 11.1 Å². The molecule has 0 N–H and O–H groups in total. The van der Waals surface area contributed by atoms with E-state index in [4.69, 9.17) is 0 Å². The topological polar surface area (TPSA) is 0 Å². The molecule has 3 aromatic carbocycles. The Kier molecular flexibility index (Phi) is 4.94. The van der Waals surface area contributed by atoms with Crippen molar-refractivity contribution in [1.82, 2.24) is 0 Å². The number of allylic oxidation sites excluding steroid dienone is 1. The van der Waals surface area contributed by atoms with Gasteiger partial charge in [0.1, 0.15) is 5.83 Å². The quantitative estimate of drug-likeness (QED) is 0.435. The molecule has 0 amide bonds. The van der Waals surface area contributed by atoms with Crippen molar-refractivity contribution in [1.29, 1.82) is 0 Å². The molecule has 0 spiro atoms. The first-order valence-corrected chi connectivity index (χ1v) is 8.05. The summed E-state index contributed by atoms with van der Waals surface area (Å²) in [5.41, 5.74) is 4.32. The normalized spacial score (nSPS) is 12.3. The number of benzene rings is 3. The molecule has 26 heavy (non-hydrogen) atoms. The average molecular weight is 356 g/mol. The number of halogens is 4. The molecule has 0 aliphatic rings. The second kappa shape index (κ2) is 7.16. The Morgan fingerprint density at radius 3 is 1.77 bits per heavy atom. The minimum Gasteiger partial charge on any atom is -0.206 e. The van der Waals surface area contributed by atoms with Crippen molar-refractivity contribution in [3.05, 3.63) is 90.0 Å². The van der Waals surface area contributed by atoms with E-state index in [1.54, 1.807) is 19.1 Å². The third-order valence-corrected chi connectivity index (χ3v) is 4.10. The summed E-state index contributed by atoms with van der Waals surface area (Å²) in [7, 11) is 0. The molecule has 0 bridgehead atoms. The van der Waals surface area contributed by atoms with Gasteiger partial charge in [-0.3, -0.25) is 0 Å². The Labute approximate surface area is 149 Å². The van der Waals surface area contributed by atoms with Crippen LogP contribution in [0, 0.1) is 6.92 Å². The van der Waals surface area contributed by atoms with Crippen molar-refractivity contribution in [2.24, 2.45) is 0 Å². The van der Waals surface area contributed by atoms with E-state index in [0.717, 1.165) is 22.3 Å². The van der Waals surface area contributed by atoms with Gasteiger partial charge in [-0.05, 0) is 34.7 Å². The molecule has 0 saturated carbocycles. The Morgan fingerprint density at radius 1 is 0.731 bits per heavy atom. The molecule has 3 aromatic rings. The fourth-order valence-corrected chi connectivity index (χ4v) is 2.82. The molecule has 0 unspecified atom stereocenters. The van der Waals surface area contributed by atoms with E-state index in [9.17, 15) is 17.6 Å². The molecule has 0 nitrogen and oxygen atoms in total. The largest absolute Gasteiger partial charge is 0.412 e. The zero-order valence-corrected chi connectivity index (χ0v) is 14.0. The van der Waals surface area contributed by atoms with Gasteiger partial charge in [0.05, 0.1) is 6.08 Å². The van der Waals surface area contributed by atoms with Crippen LogP contribution < -0.4 is 0 Å². The Hall–Kier alpha value is -2.88. The van der Waals surface area contributed by atoms with Crippen LogP contribution in [0.25, 0.3) is 28.1 Å². The fourth-order valence-electron chi connectivity index (χ4n) is 2.82. The van der Waals surface area contributed by atoms with Crippen LogP contribution in [-0.2, 0) is 0 Å². The van der Waals surface area contributed by atoms with Gasteiger partial charge >= 0.3 is 6.18 Å². The van der Waals surface area contributed by atoms with Gasteiger partial charge < -0.3 is 0 Å². The summed E-state index contributed by atoms with van der Waals surface area (Å²) >= 11 is 0. The lowest BCUT2D eigenvalue weighted by Gasteiger charge is -2.09. The second-order valence-corrected chi connectivity index (χ2v) is 6.01. The minimum atomic E-state index is -4.68. The van der Waals surface area contributed by atoms with E-state index in [-0.39, 0.29) is 11.6 Å². The summed E-state index contributed by atoms with van der Waals surface area (Å²) in [5, 5.41) is 0. The van der Waals surface area contributed by atoms with Crippen LogP contribution >= 0.6 is 0 Å². The molecule has 4 heteroatoms. The maximum atomic E-state index is 13.8. The van der Waals surface area contributed by atoms with E-state index in [1.165, 1.54) is 6.07 Å². The summed E-state index contributed by atoms with van der Waals surface area (Å²) in [4.78, 5) is 0. The minimum absolute atomic E-state index is 0.0491. The predicted molar refractivity (Wildman–Crippen MR) is 97.2 cm³/mol. The Balaban J connectivity index is 1.89. The number of aryl methyl sites for hydroxylation is 1. The third-order valence-electron chi connectivity index (χ3n) is 4.10. The van der Waals surface area contributed by atoms with Gasteiger partial charge in [-0.15, -0.1) is 0 Å². The molecule has 0 fully saturated rings. The Bertz CT molecular complexity index is 921. The van der Waals surface area contributed by atoms with Gasteiger partial charge in [-0.2, -0.15) is 13.2 Å². The van der Waals surface area contributed by atoms with Gasteiger partial charge in [0, 0.05) is 5.56 Å². The van der Waals surface area contributed by atoms with Crippen LogP contribution in [0.15, 0.2) is 78.9 Å². The van der Waals surface area contributed by atoms with E-state index in [1.807, 2.05) is 54.6 Å². The number of alkyl halides is 3. The number of rotatable bonds is 3. The van der Waals surface area contributed by atoms with Gasteiger partial charge in [0.25, 0.3) is 0 Å². The highest BCUT2D eigenvalue weighted by atomic mass is 19.4. The third kappa shape index (κ3) is 4.20. The molecule has 132 valence electrons. The lowest BCUT2D eigenvalue weighted by atomic mass is 9.97. The summed E-state index contributed by atoms with van der Waals surface area (Å²) in [6.45, 7) is 1.60. The average Bonchev–Trinajstić information content (AvgIpc) is 2.61. The molecule has 0 aliphatic carbocycles. The molecule has 3 rings (SSSR count). The molecule has 0 saturated heterocycles. The first kappa shape index (κ1) is 17.9. The van der Waals surface area contributed by atoms with Gasteiger partial charge in [0.15, 0.2) is 0 Å². The highest BCUT2D eigenvalue weighted by Gasteiger charge is 2.25. The van der Waals surface area contributed by atoms with Crippen molar-refractivity contribution < 1.29 is 17.6 Å². The second-order valence-electron chi connectivity index (χ2n) is 6.01. The predicted octanol–water partition coefficient (Wildman–Crippen LogP) is 7.20. The zero-order valence-electron chi connectivity index (χ0n) is 14.0. The van der Waals surface area contributed by atoms with E-state index in [2.05, 4.69) is 0 Å². The SMILES string of the molecule is Cc1cc(-c2ccc(-c3ccccc3)cc2)ccc1/C(F)=C/C(F)(F)F. The van der Waals surface area contributed by atoms with Crippen molar-refractivity contribution in [3.63, 3.8) is 0 Å². The first-order chi connectivity index (χ1) is 12.3. The highest BCUT2D eigenvalue weighted by Crippen LogP contribution is 2.30. The first-order valence-electron chi connectivity index (χ1n) is 8.05. The van der Waals surface area contributed by atoms with E-state index < -0.39 is 12.0 Å². The number of hydrogen-bond donors (Lipinski definition) is 0. The highest BCUT2D eigenvalue weighted by molar-refractivity contribution is 5.73. The van der Waals surface area contributed by atoms with Crippen molar-refractivity contribution in [3.8, 4) is 22.3 Å². The molecule has 0 aromatic heterocycles. The Morgan fingerprint density at radius 2 is 1.23 bits per heavy atom. The van der Waals surface area contributed by atoms with Gasteiger partial charge in [-0.25, -0.2) is 4.39 Å². The van der Waals surface area contributed by atoms with Gasteiger partial charge in [-0.1, -0.05) is 72.8 Å². The zero-order chi connectivity index (χ0) is 18.7. The van der Waals surface area contributed by atoms with E-state index in [0.29, 0.717) is 5.56 Å². The number of hydrogen-bond acceptors (Lipinski definition) is 0. The molecule has 0 radical (unpaired) electrons. The molecule has 0 atom stereocenters. The summed E-state index contributed by atoms with van der Waals surface area (Å²) in [6, 6.07) is 22.5. The molecular weight excluding hydrogens is 340 g/mol. The van der Waals surface area contributed by atoms with Crippen molar-refractivity contribution >= 4 is 5.83 Å². The van der Waals surface area contributed by atoms with Crippen molar-refractivity contribution in [2.75, 3.05) is 0 Å². The van der Waals surface area contributed by atoms with E-state index >= 15 is 0 Å². The molecule has 0 heterocycles. The standard InChI is InChI=1S/C22H16F4/c1-15-13-19(11-12-20(15)21(23)14-22(24,25)26)18-9-7-17(8-10-18)16-5-3-2-4-6-16/h2-14H,1H3/b21-14-. The van der Waals surface area contributed by atoms with Crippen LogP contribution in [0.2, 0.25) is 0 Å². The smallest absolute Gasteiger partial charge is 0.206 e. The summed E-state index contributed by atoms with van der Waals surface area (Å²) in [5.74, 6) is -1.28. The lowest BCUT2D eigenvalue weighted by Crippen LogP contribution is -2.02. The summed E-state index contributed by atoms with van der Waals surface area (Å²) < 4.78 is 50.8. The van der Waals surface area contributed by atoms with Crippen LogP contribution in [0.4, 0.5) is 17.6 Å². The molecule has 0 aliphatic heterocycles. The van der Waals surface area contributed by atoms with Crippen LogP contribution in [0.5, 0.6) is 0 Å². The molecular formula is C22H16F4.